The van der Waals surface area contributed by atoms with Crippen LogP contribution in [-0.4, -0.2) is 47.2 Å². The molecule has 244 valence electrons. The van der Waals surface area contributed by atoms with E-state index in [4.69, 9.17) is 45.1 Å². The van der Waals surface area contributed by atoms with E-state index in [0.29, 0.717) is 49.2 Å². The molecule has 0 saturated carbocycles. The van der Waals surface area contributed by atoms with Crippen LogP contribution >= 0.6 is 34.8 Å². The van der Waals surface area contributed by atoms with Gasteiger partial charge in [-0.05, 0) is 72.8 Å². The average Bonchev–Trinajstić information content (AvgIpc) is 3.80. The Hall–Kier alpha value is -4.48. The Bertz CT molecular complexity index is 2730. The maximum Gasteiger partial charge on any atom is 0.240 e. The number of hydrogen-bond acceptors (Lipinski definition) is 6. The molecule has 8 rings (SSSR count). The molecule has 0 spiro atoms. The number of aromatic amines is 4. The van der Waals surface area contributed by atoms with E-state index in [1.807, 2.05) is 6.07 Å². The highest BCUT2D eigenvalue weighted by atomic mass is 35.5. The van der Waals surface area contributed by atoms with Crippen molar-refractivity contribution >= 4 is 98.5 Å². The molecule has 0 radical (unpaired) electrons. The molecule has 4 heterocycles. The van der Waals surface area contributed by atoms with Crippen LogP contribution in [0, 0.1) is 5.82 Å². The molecule has 0 bridgehead atoms. The largest absolute Gasteiger partial charge is 0.353 e. The Balaban J connectivity index is 0.000000152. The van der Waals surface area contributed by atoms with Crippen LogP contribution < -0.4 is 10.3 Å². The number of halogens is 4. The predicted octanol–water partition coefficient (Wildman–Crippen LogP) is 6.82. The zero-order valence-corrected chi connectivity index (χ0v) is 27.8. The number of aromatic nitrogens is 6. The second-order valence-corrected chi connectivity index (χ2v) is 15.1. The van der Waals surface area contributed by atoms with Crippen molar-refractivity contribution in [1.82, 2.24) is 30.4 Å². The monoisotopic (exact) mass is 744 g/mol. The summed E-state index contributed by atoms with van der Waals surface area (Å²) in [7, 11) is -7.97. The van der Waals surface area contributed by atoms with Crippen LogP contribution in [0.5, 0.6) is 0 Å². The van der Waals surface area contributed by atoms with Gasteiger partial charge in [0.25, 0.3) is 0 Å². The van der Waals surface area contributed by atoms with Gasteiger partial charge in [0.05, 0.1) is 37.9 Å². The van der Waals surface area contributed by atoms with E-state index in [2.05, 4.69) is 30.4 Å². The number of nitrogens with two attached hydrogens (primary N) is 2. The van der Waals surface area contributed by atoms with E-state index in [-0.39, 0.29) is 15.3 Å². The Kier molecular flexibility index (Phi) is 7.75. The number of nitrogens with zero attached hydrogens (tertiary/aromatic N) is 2. The summed E-state index contributed by atoms with van der Waals surface area (Å²) in [6, 6.07) is 19.4. The van der Waals surface area contributed by atoms with Gasteiger partial charge in [-0.1, -0.05) is 34.8 Å². The highest BCUT2D eigenvalue weighted by molar-refractivity contribution is 7.89. The minimum atomic E-state index is -4.13. The van der Waals surface area contributed by atoms with Gasteiger partial charge in [-0.3, -0.25) is 10.2 Å². The van der Waals surface area contributed by atoms with E-state index in [0.717, 1.165) is 27.9 Å². The summed E-state index contributed by atoms with van der Waals surface area (Å²) in [6.07, 6.45) is 0. The molecule has 18 heteroatoms. The maximum atomic E-state index is 14.5. The SMILES string of the molecule is NS(=O)(=O)c1cc(Cl)c2[nH]c(-c3n[nH]c4cc(Cl)ccc34)cc2c1.NS(=O)(=O)c1ccc2[nH]c(-c3n[nH]c4cc(Cl)ccc34)cc2c1F. The molecule has 4 aromatic heterocycles. The molecule has 0 aliphatic rings. The molecule has 0 saturated heterocycles. The number of nitrogens with one attached hydrogen (secondary N) is 4. The fourth-order valence-corrected chi connectivity index (χ4v) is 7.23. The molecule has 0 amide bonds. The van der Waals surface area contributed by atoms with Crippen LogP contribution in [0.25, 0.3) is 66.4 Å². The molecule has 0 atom stereocenters. The third-order valence-corrected chi connectivity index (χ3v) is 10.1. The zero-order chi connectivity index (χ0) is 34.1. The van der Waals surface area contributed by atoms with E-state index in [9.17, 15) is 21.2 Å². The molecule has 0 aliphatic heterocycles. The lowest BCUT2D eigenvalue weighted by Gasteiger charge is -2.00. The van der Waals surface area contributed by atoms with Crippen LogP contribution in [0.1, 0.15) is 0 Å². The first kappa shape index (κ1) is 32.1. The number of rotatable bonds is 4. The van der Waals surface area contributed by atoms with Gasteiger partial charge in [0.2, 0.25) is 20.0 Å². The van der Waals surface area contributed by atoms with Crippen molar-refractivity contribution in [3.63, 3.8) is 0 Å². The maximum absolute atomic E-state index is 14.5. The zero-order valence-electron chi connectivity index (χ0n) is 23.9. The summed E-state index contributed by atoms with van der Waals surface area (Å²) >= 11 is 18.1. The minimum absolute atomic E-state index is 0.0378. The molecule has 0 fully saturated rings. The molecular weight excluding hydrogens is 726 g/mol. The van der Waals surface area contributed by atoms with Gasteiger partial charge in [0.15, 0.2) is 5.82 Å². The fraction of sp³-hybridized carbons (Fsp3) is 0. The van der Waals surface area contributed by atoms with Crippen LogP contribution in [0.15, 0.2) is 82.6 Å². The lowest BCUT2D eigenvalue weighted by Crippen LogP contribution is -2.13. The average molecular weight is 746 g/mol. The quantitative estimate of drug-likeness (QED) is 0.114. The lowest BCUT2D eigenvalue weighted by molar-refractivity contribution is 0.574. The van der Waals surface area contributed by atoms with Crippen molar-refractivity contribution in [2.45, 2.75) is 9.79 Å². The normalized spacial score (nSPS) is 12.3. The van der Waals surface area contributed by atoms with Gasteiger partial charge >= 0.3 is 0 Å². The van der Waals surface area contributed by atoms with Gasteiger partial charge in [-0.25, -0.2) is 31.5 Å². The van der Waals surface area contributed by atoms with Gasteiger partial charge in [-0.2, -0.15) is 10.2 Å². The fourth-order valence-electron chi connectivity index (χ4n) is 5.36. The third-order valence-electron chi connectivity index (χ3n) is 7.55. The predicted molar refractivity (Wildman–Crippen MR) is 185 cm³/mol. The summed E-state index contributed by atoms with van der Waals surface area (Å²) in [5.74, 6) is -0.889. The molecule has 4 aromatic carbocycles. The second kappa shape index (κ2) is 11.6. The van der Waals surface area contributed by atoms with Crippen molar-refractivity contribution in [2.24, 2.45) is 10.3 Å². The summed E-state index contributed by atoms with van der Waals surface area (Å²) < 4.78 is 60.4. The Morgan fingerprint density at radius 3 is 1.77 bits per heavy atom. The number of sulfonamides is 2. The van der Waals surface area contributed by atoms with Gasteiger partial charge in [0, 0.05) is 37.1 Å². The van der Waals surface area contributed by atoms with Crippen molar-refractivity contribution in [2.75, 3.05) is 0 Å². The molecule has 0 unspecified atom stereocenters. The van der Waals surface area contributed by atoms with Crippen molar-refractivity contribution in [1.29, 1.82) is 0 Å². The molecular formula is C30H20Cl3FN8O4S2. The van der Waals surface area contributed by atoms with Crippen LogP contribution in [0.3, 0.4) is 0 Å². The molecule has 12 nitrogen and oxygen atoms in total. The number of primary sulfonamides is 2. The first-order chi connectivity index (χ1) is 22.7. The first-order valence-corrected chi connectivity index (χ1v) is 17.9. The van der Waals surface area contributed by atoms with Gasteiger partial charge in [0.1, 0.15) is 16.3 Å². The van der Waals surface area contributed by atoms with E-state index in [1.165, 1.54) is 24.3 Å². The smallest absolute Gasteiger partial charge is 0.240 e. The topological polar surface area (TPSA) is 209 Å². The summed E-state index contributed by atoms with van der Waals surface area (Å²) in [6.45, 7) is 0. The molecule has 48 heavy (non-hydrogen) atoms. The van der Waals surface area contributed by atoms with Gasteiger partial charge in [-0.15, -0.1) is 0 Å². The molecule has 0 aliphatic carbocycles. The standard InChI is InChI=1S/C15H10Cl2N4O2S.C15H10ClFN4O2S/c16-8-1-2-10-12(5-8)20-21-15(10)13-4-7-3-9(24(18,22)23)6-11(17)14(7)19-13;16-7-1-2-8-11(5-7)20-21-15(8)12-6-9-10(19-12)3-4-13(14(9)17)24(18,22)23/h2*1-6,19H,(H,20,21)(H2,18,22,23). The van der Waals surface area contributed by atoms with Crippen molar-refractivity contribution in [3.05, 3.63) is 93.7 Å². The van der Waals surface area contributed by atoms with Gasteiger partial charge < -0.3 is 9.97 Å². The van der Waals surface area contributed by atoms with E-state index in [1.54, 1.807) is 36.4 Å². The lowest BCUT2D eigenvalue weighted by atomic mass is 10.1. The number of fused-ring (bicyclic) bond motifs is 4. The number of benzene rings is 4. The van der Waals surface area contributed by atoms with Crippen molar-refractivity contribution < 1.29 is 21.2 Å². The van der Waals surface area contributed by atoms with Crippen molar-refractivity contribution in [3.8, 4) is 22.8 Å². The Labute approximate surface area is 285 Å². The molecule has 8 aromatic rings. The molecule has 8 N–H and O–H groups in total. The van der Waals surface area contributed by atoms with Crippen LogP contribution in [-0.2, 0) is 20.0 Å². The summed E-state index contributed by atoms with van der Waals surface area (Å²) in [5.41, 5.74) is 5.11. The van der Waals surface area contributed by atoms with E-state index >= 15 is 0 Å². The summed E-state index contributed by atoms with van der Waals surface area (Å²) in [5, 5.41) is 28.4. The Morgan fingerprint density at radius 1 is 0.625 bits per heavy atom. The van der Waals surface area contributed by atoms with Crippen LogP contribution in [0.4, 0.5) is 4.39 Å². The Morgan fingerprint density at radius 2 is 1.21 bits per heavy atom. The highest BCUT2D eigenvalue weighted by Gasteiger charge is 2.20. The van der Waals surface area contributed by atoms with E-state index < -0.39 is 30.8 Å². The summed E-state index contributed by atoms with van der Waals surface area (Å²) in [4.78, 5) is 5.62. The number of hydrogen-bond donors (Lipinski definition) is 6. The third kappa shape index (κ3) is 5.79. The first-order valence-electron chi connectivity index (χ1n) is 13.6. The minimum Gasteiger partial charge on any atom is -0.353 e. The second-order valence-electron chi connectivity index (χ2n) is 10.7. The van der Waals surface area contributed by atoms with Crippen LogP contribution in [0.2, 0.25) is 15.1 Å². The highest BCUT2D eigenvalue weighted by Crippen LogP contribution is 2.34. The number of H-pyrrole nitrogens is 4.